The fourth-order valence-electron chi connectivity index (χ4n) is 2.89. The van der Waals surface area contributed by atoms with Gasteiger partial charge in [0.1, 0.15) is 18.8 Å². The van der Waals surface area contributed by atoms with Gasteiger partial charge >= 0.3 is 0 Å². The van der Waals surface area contributed by atoms with Crippen LogP contribution in [0.3, 0.4) is 0 Å². The molecule has 0 aliphatic rings. The Bertz CT molecular complexity index is 896. The molecule has 0 fully saturated rings. The zero-order valence-corrected chi connectivity index (χ0v) is 16.6. The lowest BCUT2D eigenvalue weighted by molar-refractivity contribution is -0.908. The SMILES string of the molecule is CCOc1ccc(C[NH+](C)Cc2nc(N)nc(Nc3ccc(C)cc3)n2)cc1. The van der Waals surface area contributed by atoms with E-state index in [9.17, 15) is 0 Å². The van der Waals surface area contributed by atoms with E-state index in [1.165, 1.54) is 16.0 Å². The molecule has 1 aromatic heterocycles. The second-order valence-electron chi connectivity index (χ2n) is 6.81. The summed E-state index contributed by atoms with van der Waals surface area (Å²) in [5.41, 5.74) is 9.22. The van der Waals surface area contributed by atoms with Crippen molar-refractivity contribution in [3.8, 4) is 5.75 Å². The minimum absolute atomic E-state index is 0.216. The van der Waals surface area contributed by atoms with Gasteiger partial charge < -0.3 is 20.7 Å². The van der Waals surface area contributed by atoms with E-state index in [1.807, 2.05) is 50.2 Å². The number of benzene rings is 2. The highest BCUT2D eigenvalue weighted by molar-refractivity contribution is 5.54. The van der Waals surface area contributed by atoms with Crippen molar-refractivity contribution in [2.45, 2.75) is 26.9 Å². The average Bonchev–Trinajstić information content (AvgIpc) is 2.65. The normalized spacial score (nSPS) is 11.8. The van der Waals surface area contributed by atoms with Crippen molar-refractivity contribution in [1.29, 1.82) is 0 Å². The Labute approximate surface area is 165 Å². The lowest BCUT2D eigenvalue weighted by Gasteiger charge is -2.14. The molecule has 2 aromatic carbocycles. The molecule has 1 heterocycles. The van der Waals surface area contributed by atoms with Crippen LogP contribution in [-0.4, -0.2) is 28.6 Å². The van der Waals surface area contributed by atoms with Crippen molar-refractivity contribution in [3.63, 3.8) is 0 Å². The molecule has 3 aromatic rings. The topological polar surface area (TPSA) is 90.4 Å². The highest BCUT2D eigenvalue weighted by atomic mass is 16.5. The Kier molecular flexibility index (Phi) is 6.39. The summed E-state index contributed by atoms with van der Waals surface area (Å²) in [5, 5.41) is 3.19. The van der Waals surface area contributed by atoms with Crippen molar-refractivity contribution in [3.05, 3.63) is 65.5 Å². The molecule has 28 heavy (non-hydrogen) atoms. The van der Waals surface area contributed by atoms with Crippen LogP contribution < -0.4 is 20.7 Å². The quantitative estimate of drug-likeness (QED) is 0.555. The summed E-state index contributed by atoms with van der Waals surface area (Å²) in [7, 11) is 2.10. The zero-order chi connectivity index (χ0) is 19.9. The van der Waals surface area contributed by atoms with Gasteiger partial charge in [-0.25, -0.2) is 0 Å². The number of hydrogen-bond donors (Lipinski definition) is 3. The van der Waals surface area contributed by atoms with E-state index in [4.69, 9.17) is 10.5 Å². The van der Waals surface area contributed by atoms with Crippen LogP contribution in [-0.2, 0) is 13.1 Å². The van der Waals surface area contributed by atoms with Crippen LogP contribution in [0.4, 0.5) is 17.6 Å². The highest BCUT2D eigenvalue weighted by Crippen LogP contribution is 2.14. The molecule has 1 atom stereocenters. The number of aryl methyl sites for hydroxylation is 1. The van der Waals surface area contributed by atoms with Crippen LogP contribution in [0, 0.1) is 6.92 Å². The van der Waals surface area contributed by atoms with Crippen LogP contribution in [0.25, 0.3) is 0 Å². The molecule has 1 unspecified atom stereocenters. The summed E-state index contributed by atoms with van der Waals surface area (Å²) in [5.74, 6) is 2.22. The molecule has 0 aliphatic heterocycles. The van der Waals surface area contributed by atoms with Crippen molar-refractivity contribution >= 4 is 17.6 Å². The van der Waals surface area contributed by atoms with Gasteiger partial charge in [0, 0.05) is 11.3 Å². The van der Waals surface area contributed by atoms with Crippen molar-refractivity contribution in [2.75, 3.05) is 24.7 Å². The summed E-state index contributed by atoms with van der Waals surface area (Å²) in [6.07, 6.45) is 0. The van der Waals surface area contributed by atoms with Crippen LogP contribution in [0.5, 0.6) is 5.75 Å². The van der Waals surface area contributed by atoms with Gasteiger partial charge in [-0.3, -0.25) is 0 Å². The summed E-state index contributed by atoms with van der Waals surface area (Å²) in [4.78, 5) is 14.2. The first-order chi connectivity index (χ1) is 13.5. The molecule has 146 valence electrons. The van der Waals surface area contributed by atoms with Gasteiger partial charge in [-0.1, -0.05) is 17.7 Å². The average molecular weight is 379 g/mol. The molecule has 0 radical (unpaired) electrons. The third kappa shape index (κ3) is 5.65. The molecule has 4 N–H and O–H groups in total. The Balaban J connectivity index is 1.64. The predicted molar refractivity (Wildman–Crippen MR) is 111 cm³/mol. The van der Waals surface area contributed by atoms with E-state index in [-0.39, 0.29) is 5.95 Å². The molecule has 0 saturated carbocycles. The Morgan fingerprint density at radius 2 is 1.68 bits per heavy atom. The van der Waals surface area contributed by atoms with Gasteiger partial charge in [0.25, 0.3) is 0 Å². The number of nitrogen functional groups attached to an aromatic ring is 1. The van der Waals surface area contributed by atoms with E-state index in [0.717, 1.165) is 18.0 Å². The summed E-state index contributed by atoms with van der Waals surface area (Å²) < 4.78 is 5.49. The third-order valence-electron chi connectivity index (χ3n) is 4.21. The number of nitrogens with one attached hydrogen (secondary N) is 2. The molecule has 0 aliphatic carbocycles. The van der Waals surface area contributed by atoms with Gasteiger partial charge in [-0.05, 0) is 50.2 Å². The molecule has 7 heteroatoms. The molecule has 7 nitrogen and oxygen atoms in total. The second kappa shape index (κ2) is 9.14. The maximum absolute atomic E-state index is 5.89. The number of ether oxygens (including phenoxy) is 1. The highest BCUT2D eigenvalue weighted by Gasteiger charge is 2.11. The van der Waals surface area contributed by atoms with Gasteiger partial charge in [-0.15, -0.1) is 0 Å². The van der Waals surface area contributed by atoms with E-state index in [2.05, 4.69) is 39.4 Å². The second-order valence-corrected chi connectivity index (χ2v) is 6.81. The Morgan fingerprint density at radius 3 is 2.36 bits per heavy atom. The molecule has 0 spiro atoms. The summed E-state index contributed by atoms with van der Waals surface area (Å²) in [6.45, 7) is 6.19. The summed E-state index contributed by atoms with van der Waals surface area (Å²) >= 11 is 0. The number of aromatic nitrogens is 3. The van der Waals surface area contributed by atoms with Crippen LogP contribution >= 0.6 is 0 Å². The molecule has 0 bridgehead atoms. The third-order valence-corrected chi connectivity index (χ3v) is 4.21. The molecular weight excluding hydrogens is 352 g/mol. The minimum atomic E-state index is 0.216. The fraction of sp³-hybridized carbons (Fsp3) is 0.286. The van der Waals surface area contributed by atoms with Gasteiger partial charge in [0.2, 0.25) is 11.9 Å². The van der Waals surface area contributed by atoms with E-state index in [1.54, 1.807) is 0 Å². The molecular formula is C21H27N6O+. The summed E-state index contributed by atoms with van der Waals surface area (Å²) in [6, 6.07) is 16.2. The fourth-order valence-corrected chi connectivity index (χ4v) is 2.89. The van der Waals surface area contributed by atoms with E-state index >= 15 is 0 Å². The standard InChI is InChI=1S/C21H26N6O/c1-4-28-18-11-7-16(8-12-18)13-27(3)14-19-24-20(22)26-21(25-19)23-17-9-5-15(2)6-10-17/h5-12H,4,13-14H2,1-3H3,(H3,22,23,24,25,26)/p+1. The first kappa shape index (κ1) is 19.6. The zero-order valence-electron chi connectivity index (χ0n) is 16.6. The van der Waals surface area contributed by atoms with Crippen LogP contribution in [0.2, 0.25) is 0 Å². The van der Waals surface area contributed by atoms with Gasteiger partial charge in [0.05, 0.1) is 13.7 Å². The van der Waals surface area contributed by atoms with Crippen LogP contribution in [0.1, 0.15) is 23.9 Å². The number of nitrogens with zero attached hydrogens (tertiary/aromatic N) is 3. The van der Waals surface area contributed by atoms with Crippen molar-refractivity contribution in [1.82, 2.24) is 15.0 Å². The largest absolute Gasteiger partial charge is 0.494 e. The van der Waals surface area contributed by atoms with Gasteiger partial charge in [0.15, 0.2) is 5.82 Å². The lowest BCUT2D eigenvalue weighted by Crippen LogP contribution is -3.06. The van der Waals surface area contributed by atoms with Crippen molar-refractivity contribution in [2.24, 2.45) is 0 Å². The molecule has 0 saturated heterocycles. The first-order valence-electron chi connectivity index (χ1n) is 9.39. The first-order valence-corrected chi connectivity index (χ1v) is 9.39. The number of nitrogens with two attached hydrogens (primary N) is 1. The van der Waals surface area contributed by atoms with E-state index < -0.39 is 0 Å². The smallest absolute Gasteiger partial charge is 0.232 e. The van der Waals surface area contributed by atoms with E-state index in [0.29, 0.717) is 24.9 Å². The number of hydrogen-bond acceptors (Lipinski definition) is 6. The van der Waals surface area contributed by atoms with Crippen LogP contribution in [0.15, 0.2) is 48.5 Å². The number of rotatable bonds is 8. The maximum atomic E-state index is 5.89. The minimum Gasteiger partial charge on any atom is -0.494 e. The molecule has 3 rings (SSSR count). The predicted octanol–water partition coefficient (Wildman–Crippen LogP) is 2.12. The maximum Gasteiger partial charge on any atom is 0.232 e. The lowest BCUT2D eigenvalue weighted by atomic mass is 10.2. The monoisotopic (exact) mass is 379 g/mol. The number of quaternary nitrogens is 1. The number of anilines is 3. The Hall–Kier alpha value is -3.19. The molecule has 0 amide bonds. The van der Waals surface area contributed by atoms with Crippen molar-refractivity contribution < 1.29 is 9.64 Å². The van der Waals surface area contributed by atoms with Gasteiger partial charge in [-0.2, -0.15) is 15.0 Å². The Morgan fingerprint density at radius 1 is 0.964 bits per heavy atom.